The summed E-state index contributed by atoms with van der Waals surface area (Å²) in [7, 11) is 0. The van der Waals surface area contributed by atoms with Crippen LogP contribution in [0.5, 0.6) is 0 Å². The summed E-state index contributed by atoms with van der Waals surface area (Å²) in [6.07, 6.45) is 9.02. The van der Waals surface area contributed by atoms with E-state index in [2.05, 4.69) is 46.4 Å². The molecule has 0 amide bonds. The number of rotatable bonds is 0. The molecule has 1 aliphatic carbocycles. The van der Waals surface area contributed by atoms with Gasteiger partial charge in [-0.25, -0.2) is 0 Å². The second kappa shape index (κ2) is 4.96. The van der Waals surface area contributed by atoms with Crippen LogP contribution in [0, 0.1) is 0 Å². The van der Waals surface area contributed by atoms with Crippen LogP contribution in [0.2, 0.25) is 0 Å². The second-order valence-corrected chi connectivity index (χ2v) is 4.33. The van der Waals surface area contributed by atoms with E-state index in [1.165, 1.54) is 34.7 Å². The van der Waals surface area contributed by atoms with Gasteiger partial charge >= 0.3 is 0 Å². The predicted octanol–water partition coefficient (Wildman–Crippen LogP) is 3.42. The van der Waals surface area contributed by atoms with Crippen LogP contribution < -0.4 is 0 Å². The lowest BCUT2D eigenvalue weighted by molar-refractivity contribution is 1.02. The quantitative estimate of drug-likeness (QED) is 0.595. The van der Waals surface area contributed by atoms with Gasteiger partial charge in [0, 0.05) is 24.8 Å². The molecular weight excluding hydrogens is 220 g/mol. The third-order valence-electron chi connectivity index (χ3n) is 3.22. The van der Waals surface area contributed by atoms with E-state index in [0.29, 0.717) is 0 Å². The molecule has 0 radical (unpaired) electrons. The highest BCUT2D eigenvalue weighted by molar-refractivity contribution is 5.90. The molecule has 0 unspecified atom stereocenters. The summed E-state index contributed by atoms with van der Waals surface area (Å²) in [5.74, 6) is 0. The van der Waals surface area contributed by atoms with E-state index < -0.39 is 0 Å². The number of aryl methyl sites for hydroxylation is 2. The molecule has 4 rings (SSSR count). The first-order chi connectivity index (χ1) is 8.95. The fraction of sp³-hybridized carbons (Fsp3) is 0.125. The van der Waals surface area contributed by atoms with Crippen LogP contribution in [0.25, 0.3) is 10.8 Å². The summed E-state index contributed by atoms with van der Waals surface area (Å²) >= 11 is 0. The average molecular weight is 234 g/mol. The average Bonchev–Trinajstić information content (AvgIpc) is 2.88. The van der Waals surface area contributed by atoms with Crippen molar-refractivity contribution in [3.8, 4) is 0 Å². The van der Waals surface area contributed by atoms with E-state index in [4.69, 9.17) is 0 Å². The number of hydrogen-bond donors (Lipinski definition) is 0. The smallest absolute Gasteiger partial charge is 0.0451 e. The molecule has 2 nitrogen and oxygen atoms in total. The predicted molar refractivity (Wildman–Crippen MR) is 73.4 cm³/mol. The number of aromatic nitrogens is 2. The molecule has 0 saturated heterocycles. The highest BCUT2D eigenvalue weighted by Crippen LogP contribution is 2.29. The Labute approximate surface area is 106 Å². The minimum Gasteiger partial charge on any atom is -0.262 e. The minimum absolute atomic E-state index is 1.23. The van der Waals surface area contributed by atoms with Gasteiger partial charge in [-0.15, -0.1) is 0 Å². The molecule has 2 heteroatoms. The van der Waals surface area contributed by atoms with Crippen LogP contribution in [0.3, 0.4) is 0 Å². The van der Waals surface area contributed by atoms with Crippen molar-refractivity contribution in [1.29, 1.82) is 0 Å². The number of hydrogen-bond acceptors (Lipinski definition) is 2. The maximum absolute atomic E-state index is 3.72. The van der Waals surface area contributed by atoms with Crippen molar-refractivity contribution in [3.05, 3.63) is 72.3 Å². The van der Waals surface area contributed by atoms with Crippen molar-refractivity contribution in [2.45, 2.75) is 12.8 Å². The maximum atomic E-state index is 3.72. The van der Waals surface area contributed by atoms with Crippen LogP contribution in [0.4, 0.5) is 0 Å². The molecule has 0 saturated carbocycles. The first kappa shape index (κ1) is 10.9. The molecule has 0 aliphatic heterocycles. The van der Waals surface area contributed by atoms with E-state index >= 15 is 0 Å². The summed E-state index contributed by atoms with van der Waals surface area (Å²) in [5.41, 5.74) is 3.06. The Hall–Kier alpha value is -2.22. The van der Waals surface area contributed by atoms with E-state index in [1.54, 1.807) is 24.8 Å². The van der Waals surface area contributed by atoms with Gasteiger partial charge in [-0.05, 0) is 34.7 Å². The van der Waals surface area contributed by atoms with E-state index in [-0.39, 0.29) is 0 Å². The van der Waals surface area contributed by atoms with E-state index in [9.17, 15) is 0 Å². The van der Waals surface area contributed by atoms with Crippen molar-refractivity contribution in [1.82, 2.24) is 9.97 Å². The van der Waals surface area contributed by atoms with Gasteiger partial charge in [0.05, 0.1) is 0 Å². The highest BCUT2D eigenvalue weighted by atomic mass is 14.7. The molecule has 0 fully saturated rings. The van der Waals surface area contributed by atoms with Crippen LogP contribution in [0.1, 0.15) is 11.1 Å². The van der Waals surface area contributed by atoms with Crippen molar-refractivity contribution in [3.63, 3.8) is 0 Å². The summed E-state index contributed by atoms with van der Waals surface area (Å²) in [6, 6.07) is 13.2. The monoisotopic (exact) mass is 234 g/mol. The third kappa shape index (κ3) is 2.09. The van der Waals surface area contributed by atoms with E-state index in [0.717, 1.165) is 0 Å². The zero-order valence-electron chi connectivity index (χ0n) is 10.1. The summed E-state index contributed by atoms with van der Waals surface area (Å²) in [4.78, 5) is 7.44. The first-order valence-corrected chi connectivity index (χ1v) is 6.14. The molecule has 1 aliphatic rings. The minimum atomic E-state index is 1.23. The highest BCUT2D eigenvalue weighted by Gasteiger charge is 2.11. The molecule has 2 aromatic carbocycles. The Morgan fingerprint density at radius 2 is 1.17 bits per heavy atom. The zero-order valence-corrected chi connectivity index (χ0v) is 10.1. The lowest BCUT2D eigenvalue weighted by Crippen LogP contribution is -1.76. The molecule has 0 spiro atoms. The summed E-state index contributed by atoms with van der Waals surface area (Å²) < 4.78 is 0. The van der Waals surface area contributed by atoms with Crippen molar-refractivity contribution in [2.24, 2.45) is 0 Å². The maximum Gasteiger partial charge on any atom is 0.0451 e. The van der Waals surface area contributed by atoms with Gasteiger partial charge in [0.1, 0.15) is 0 Å². The molecule has 18 heavy (non-hydrogen) atoms. The van der Waals surface area contributed by atoms with Gasteiger partial charge in [0.25, 0.3) is 0 Å². The number of nitrogens with zero attached hydrogens (tertiary/aromatic N) is 2. The molecule has 0 atom stereocenters. The molecule has 1 aromatic heterocycles. The standard InChI is InChI=1S/C12H10.C4H4N2/c1-3-9-4-2-6-11-8-7-10(5-1)12(9)11;1-2-6-4-3-5-1/h1-6H,7-8H2;1-4H. The Balaban J connectivity index is 0.000000142. The Bertz CT molecular complexity index is 582. The van der Waals surface area contributed by atoms with Gasteiger partial charge in [0.2, 0.25) is 0 Å². The van der Waals surface area contributed by atoms with Gasteiger partial charge in [-0.1, -0.05) is 36.4 Å². The fourth-order valence-electron chi connectivity index (χ4n) is 2.44. The Kier molecular flexibility index (Phi) is 3.01. The van der Waals surface area contributed by atoms with Crippen molar-refractivity contribution in [2.75, 3.05) is 0 Å². The van der Waals surface area contributed by atoms with Crippen LogP contribution >= 0.6 is 0 Å². The van der Waals surface area contributed by atoms with Gasteiger partial charge in [-0.2, -0.15) is 0 Å². The molecule has 0 bridgehead atoms. The van der Waals surface area contributed by atoms with Gasteiger partial charge in [-0.3, -0.25) is 9.97 Å². The van der Waals surface area contributed by atoms with Gasteiger partial charge < -0.3 is 0 Å². The first-order valence-electron chi connectivity index (χ1n) is 6.14. The van der Waals surface area contributed by atoms with E-state index in [1.807, 2.05) is 0 Å². The van der Waals surface area contributed by atoms with Crippen LogP contribution in [0.15, 0.2) is 61.2 Å². The number of benzene rings is 2. The molecule has 88 valence electrons. The van der Waals surface area contributed by atoms with Crippen LogP contribution in [-0.2, 0) is 12.8 Å². The van der Waals surface area contributed by atoms with Crippen molar-refractivity contribution >= 4 is 10.8 Å². The molecule has 0 N–H and O–H groups in total. The zero-order chi connectivity index (χ0) is 12.2. The normalized spacial score (nSPS) is 12.0. The molecule has 3 aromatic rings. The largest absolute Gasteiger partial charge is 0.262 e. The topological polar surface area (TPSA) is 25.8 Å². The fourth-order valence-corrected chi connectivity index (χ4v) is 2.44. The molecular formula is C16H14N2. The lowest BCUT2D eigenvalue weighted by Gasteiger charge is -1.99. The summed E-state index contributed by atoms with van der Waals surface area (Å²) in [5, 5.41) is 2.92. The Morgan fingerprint density at radius 3 is 1.61 bits per heavy atom. The van der Waals surface area contributed by atoms with Crippen LogP contribution in [-0.4, -0.2) is 9.97 Å². The third-order valence-corrected chi connectivity index (χ3v) is 3.22. The Morgan fingerprint density at radius 1 is 0.667 bits per heavy atom. The lowest BCUT2D eigenvalue weighted by atomic mass is 10.1. The van der Waals surface area contributed by atoms with Gasteiger partial charge in [0.15, 0.2) is 0 Å². The van der Waals surface area contributed by atoms with Crippen molar-refractivity contribution < 1.29 is 0 Å². The SMILES string of the molecule is c1cc2c3c(cccc3c1)CC2.c1cnccn1. The second-order valence-electron chi connectivity index (χ2n) is 4.33. The molecule has 1 heterocycles. The summed E-state index contributed by atoms with van der Waals surface area (Å²) in [6.45, 7) is 0.